The fourth-order valence-electron chi connectivity index (χ4n) is 5.13. The summed E-state index contributed by atoms with van der Waals surface area (Å²) in [5, 5.41) is 8.17. The van der Waals surface area contributed by atoms with Crippen molar-refractivity contribution in [2.45, 2.75) is 52.5 Å². The lowest BCUT2D eigenvalue weighted by Crippen LogP contribution is -2.40. The maximum absolute atomic E-state index is 13.1. The Kier molecular flexibility index (Phi) is 8.46. The molecular weight excluding hydrogens is 524 g/mol. The monoisotopic (exact) mass is 560 g/mol. The Morgan fingerprint density at radius 3 is 2.56 bits per heavy atom. The van der Waals surface area contributed by atoms with Crippen molar-refractivity contribution in [3.63, 3.8) is 0 Å². The minimum Gasteiger partial charge on any atom is -0.493 e. The highest BCUT2D eigenvalue weighted by Crippen LogP contribution is 2.32. The number of hydrogen-bond acceptors (Lipinski definition) is 10. The Balaban J connectivity index is 1.33. The summed E-state index contributed by atoms with van der Waals surface area (Å²) in [6.45, 7) is 8.11. The average Bonchev–Trinajstić information content (AvgIpc) is 3.30. The Morgan fingerprint density at radius 1 is 1.12 bits per heavy atom. The molecule has 12 nitrogen and oxygen atoms in total. The van der Waals surface area contributed by atoms with E-state index in [1.165, 1.54) is 12.4 Å². The lowest BCUT2D eigenvalue weighted by Gasteiger charge is -2.33. The summed E-state index contributed by atoms with van der Waals surface area (Å²) >= 11 is 0. The second-order valence-corrected chi connectivity index (χ2v) is 9.97. The average molecular weight is 561 g/mol. The molecule has 1 aliphatic rings. The number of aromatic nitrogens is 6. The lowest BCUT2D eigenvalue weighted by molar-refractivity contribution is 0.0525. The SMILES string of the molecule is CCCc1nn(C)c2c(=O)[nH]c(-c3cc(NC4CCN(c5ncc(C(=O)OCC)cn5)CC4)ccc3OCC)nc12. The van der Waals surface area contributed by atoms with Gasteiger partial charge in [0.15, 0.2) is 5.52 Å². The van der Waals surface area contributed by atoms with Crippen LogP contribution in [0.2, 0.25) is 0 Å². The standard InChI is InChI=1S/C29H36N8O4/c1-5-8-22-24-25(36(4)35-22)27(38)34-26(33-24)21-15-20(9-10-23(21)40-6-2)32-19-11-13-37(14-12-19)29-30-16-18(17-31-29)28(39)41-7-3/h9-10,15-17,19,32H,5-8,11-14H2,1-4H3,(H,33,34,38). The number of piperidine rings is 1. The Labute approximate surface area is 238 Å². The van der Waals surface area contributed by atoms with E-state index in [9.17, 15) is 9.59 Å². The molecule has 3 aromatic heterocycles. The van der Waals surface area contributed by atoms with Crippen LogP contribution < -0.4 is 20.5 Å². The molecule has 216 valence electrons. The molecule has 41 heavy (non-hydrogen) atoms. The van der Waals surface area contributed by atoms with Gasteiger partial charge in [0.2, 0.25) is 5.95 Å². The molecule has 0 atom stereocenters. The third kappa shape index (κ3) is 6.01. The highest BCUT2D eigenvalue weighted by atomic mass is 16.5. The van der Waals surface area contributed by atoms with Crippen LogP contribution in [0, 0.1) is 0 Å². The second kappa shape index (κ2) is 12.4. The zero-order chi connectivity index (χ0) is 28.9. The first-order valence-electron chi connectivity index (χ1n) is 14.2. The topological polar surface area (TPSA) is 140 Å². The number of fused-ring (bicyclic) bond motifs is 1. The summed E-state index contributed by atoms with van der Waals surface area (Å²) in [6.07, 6.45) is 6.43. The van der Waals surface area contributed by atoms with E-state index >= 15 is 0 Å². The van der Waals surface area contributed by atoms with E-state index in [1.54, 1.807) is 18.7 Å². The first-order valence-corrected chi connectivity index (χ1v) is 14.2. The highest BCUT2D eigenvalue weighted by Gasteiger charge is 2.23. The molecule has 0 radical (unpaired) electrons. The van der Waals surface area contributed by atoms with Gasteiger partial charge in [-0.25, -0.2) is 19.7 Å². The molecule has 4 aromatic rings. The molecule has 12 heteroatoms. The van der Waals surface area contributed by atoms with Crippen molar-refractivity contribution in [3.8, 4) is 17.1 Å². The molecule has 5 rings (SSSR count). The summed E-state index contributed by atoms with van der Waals surface area (Å²) in [5.74, 6) is 1.29. The fourth-order valence-corrected chi connectivity index (χ4v) is 5.13. The van der Waals surface area contributed by atoms with Crippen molar-refractivity contribution >= 4 is 28.6 Å². The first-order chi connectivity index (χ1) is 19.9. The van der Waals surface area contributed by atoms with Crippen LogP contribution in [0.3, 0.4) is 0 Å². The minimum absolute atomic E-state index is 0.229. The highest BCUT2D eigenvalue weighted by molar-refractivity contribution is 5.88. The Morgan fingerprint density at radius 2 is 1.88 bits per heavy atom. The van der Waals surface area contributed by atoms with Gasteiger partial charge in [-0.2, -0.15) is 5.10 Å². The molecular formula is C29H36N8O4. The number of nitrogens with zero attached hydrogens (tertiary/aromatic N) is 6. The van der Waals surface area contributed by atoms with E-state index in [-0.39, 0.29) is 11.6 Å². The largest absolute Gasteiger partial charge is 0.493 e. The number of benzene rings is 1. The number of rotatable bonds is 10. The lowest BCUT2D eigenvalue weighted by atomic mass is 10.0. The molecule has 0 unspecified atom stereocenters. The zero-order valence-electron chi connectivity index (χ0n) is 23.9. The molecule has 0 saturated carbocycles. The van der Waals surface area contributed by atoms with E-state index in [2.05, 4.69) is 37.2 Å². The maximum Gasteiger partial charge on any atom is 0.341 e. The van der Waals surface area contributed by atoms with E-state index in [0.29, 0.717) is 47.3 Å². The van der Waals surface area contributed by atoms with E-state index in [0.717, 1.165) is 55.7 Å². The van der Waals surface area contributed by atoms with Crippen molar-refractivity contribution in [2.24, 2.45) is 7.05 Å². The Bertz CT molecular complexity index is 1570. The number of carbonyl (C=O) groups excluding carboxylic acids is 1. The summed E-state index contributed by atoms with van der Waals surface area (Å²) in [6, 6.07) is 6.12. The summed E-state index contributed by atoms with van der Waals surface area (Å²) in [5.41, 5.74) is 3.66. The number of aryl methyl sites for hydroxylation is 2. The molecule has 1 aliphatic heterocycles. The van der Waals surface area contributed by atoms with Crippen LogP contribution in [0.4, 0.5) is 11.6 Å². The smallest absolute Gasteiger partial charge is 0.341 e. The molecule has 2 N–H and O–H groups in total. The van der Waals surface area contributed by atoms with Crippen LogP contribution in [0.5, 0.6) is 5.75 Å². The normalized spacial score (nSPS) is 13.9. The van der Waals surface area contributed by atoms with Gasteiger partial charge in [0.05, 0.1) is 30.0 Å². The number of aromatic amines is 1. The van der Waals surface area contributed by atoms with Gasteiger partial charge in [0.1, 0.15) is 17.1 Å². The Hall–Kier alpha value is -4.48. The van der Waals surface area contributed by atoms with Crippen molar-refractivity contribution in [3.05, 3.63) is 52.2 Å². The molecule has 4 heterocycles. The van der Waals surface area contributed by atoms with Gasteiger partial charge in [-0.15, -0.1) is 0 Å². The minimum atomic E-state index is -0.419. The summed E-state index contributed by atoms with van der Waals surface area (Å²) in [7, 11) is 1.77. The number of H-pyrrole nitrogens is 1. The van der Waals surface area contributed by atoms with Crippen LogP contribution in [0.1, 0.15) is 56.1 Å². The van der Waals surface area contributed by atoms with Gasteiger partial charge < -0.3 is 24.7 Å². The number of carbonyl (C=O) groups is 1. The first kappa shape index (κ1) is 28.1. The number of nitrogens with one attached hydrogen (secondary N) is 2. The van der Waals surface area contributed by atoms with Crippen molar-refractivity contribution in [2.75, 3.05) is 36.5 Å². The van der Waals surface area contributed by atoms with E-state index < -0.39 is 5.97 Å². The molecule has 1 fully saturated rings. The third-order valence-corrected chi connectivity index (χ3v) is 7.08. The number of ether oxygens (including phenoxy) is 2. The zero-order valence-corrected chi connectivity index (χ0v) is 23.9. The predicted molar refractivity (Wildman–Crippen MR) is 157 cm³/mol. The third-order valence-electron chi connectivity index (χ3n) is 7.08. The van der Waals surface area contributed by atoms with Crippen molar-refractivity contribution in [1.29, 1.82) is 0 Å². The quantitative estimate of drug-likeness (QED) is 0.276. The van der Waals surface area contributed by atoms with E-state index in [1.807, 2.05) is 25.1 Å². The summed E-state index contributed by atoms with van der Waals surface area (Å²) in [4.78, 5) is 43.6. The van der Waals surface area contributed by atoms with Crippen LogP contribution in [-0.4, -0.2) is 68.0 Å². The van der Waals surface area contributed by atoms with Gasteiger partial charge in [-0.05, 0) is 51.3 Å². The van der Waals surface area contributed by atoms with Gasteiger partial charge in [0, 0.05) is 44.3 Å². The molecule has 0 aliphatic carbocycles. The van der Waals surface area contributed by atoms with Crippen LogP contribution in [-0.2, 0) is 18.2 Å². The van der Waals surface area contributed by atoms with Gasteiger partial charge in [-0.1, -0.05) is 13.3 Å². The summed E-state index contributed by atoms with van der Waals surface area (Å²) < 4.78 is 12.5. The van der Waals surface area contributed by atoms with E-state index in [4.69, 9.17) is 14.5 Å². The second-order valence-electron chi connectivity index (χ2n) is 9.97. The molecule has 0 spiro atoms. The van der Waals surface area contributed by atoms with Crippen LogP contribution in [0.25, 0.3) is 22.4 Å². The number of hydrogen-bond donors (Lipinski definition) is 2. The van der Waals surface area contributed by atoms with Crippen molar-refractivity contribution in [1.82, 2.24) is 29.7 Å². The fraction of sp³-hybridized carbons (Fsp3) is 0.448. The molecule has 0 bridgehead atoms. The van der Waals surface area contributed by atoms with Crippen LogP contribution in [0.15, 0.2) is 35.4 Å². The van der Waals surface area contributed by atoms with Gasteiger partial charge in [-0.3, -0.25) is 9.48 Å². The molecule has 1 aromatic carbocycles. The van der Waals surface area contributed by atoms with Gasteiger partial charge >= 0.3 is 5.97 Å². The molecule has 0 amide bonds. The molecule has 1 saturated heterocycles. The van der Waals surface area contributed by atoms with Crippen molar-refractivity contribution < 1.29 is 14.3 Å². The number of anilines is 2. The number of esters is 1. The van der Waals surface area contributed by atoms with Crippen LogP contribution >= 0.6 is 0 Å². The van der Waals surface area contributed by atoms with Gasteiger partial charge in [0.25, 0.3) is 5.56 Å². The predicted octanol–water partition coefficient (Wildman–Crippen LogP) is 3.72. The maximum atomic E-state index is 13.1.